The molecule has 2 aromatic carbocycles. The summed E-state index contributed by atoms with van der Waals surface area (Å²) in [6.07, 6.45) is 1.67. The van der Waals surface area contributed by atoms with Crippen LogP contribution in [0.1, 0.15) is 41.8 Å². The van der Waals surface area contributed by atoms with E-state index in [1.165, 1.54) is 11.1 Å². The summed E-state index contributed by atoms with van der Waals surface area (Å²) >= 11 is 0. The number of aromatic nitrogens is 5. The number of anilines is 1. The molecule has 40 heavy (non-hydrogen) atoms. The number of hydrogen-bond acceptors (Lipinski definition) is 4. The minimum Gasteiger partial charge on any atom is -0.350 e. The Morgan fingerprint density at radius 3 is 2.33 bits per heavy atom. The van der Waals surface area contributed by atoms with Crippen molar-refractivity contribution in [1.82, 2.24) is 24.3 Å². The predicted molar refractivity (Wildman–Crippen MR) is 155 cm³/mol. The van der Waals surface area contributed by atoms with Crippen LogP contribution in [-0.4, -0.2) is 30.9 Å². The molecule has 4 heterocycles. The van der Waals surface area contributed by atoms with Crippen LogP contribution in [0.15, 0.2) is 55.0 Å². The molecule has 1 unspecified atom stereocenters. The van der Waals surface area contributed by atoms with Crippen LogP contribution in [-0.2, 0) is 39.0 Å². The van der Waals surface area contributed by atoms with Gasteiger partial charge >= 0.3 is 6.18 Å². The predicted octanol–water partition coefficient (Wildman–Crippen LogP) is 6.03. The minimum atomic E-state index is -4.48. The van der Waals surface area contributed by atoms with E-state index in [1.807, 2.05) is 11.9 Å². The third-order valence-corrected chi connectivity index (χ3v) is 8.25. The largest absolute Gasteiger partial charge is 0.419 e. The Hall–Kier alpha value is -3.71. The maximum absolute atomic E-state index is 13.1. The van der Waals surface area contributed by atoms with Crippen LogP contribution in [0.3, 0.4) is 0 Å². The van der Waals surface area contributed by atoms with Crippen LogP contribution in [0.4, 0.5) is 19.1 Å². The van der Waals surface area contributed by atoms with Crippen LogP contribution >= 0.6 is 9.24 Å². The molecule has 1 atom stereocenters. The van der Waals surface area contributed by atoms with Crippen molar-refractivity contribution in [2.24, 2.45) is 7.05 Å². The molecule has 0 spiro atoms. The SMILES string of the molecule is CCc1cccc(CC)c1-n1nc2c(c1-c1ccc(P)c3c1ccn3C)CN(c1ncc(C(F)(F)F)cn1)CC2. The number of benzene rings is 2. The van der Waals surface area contributed by atoms with Gasteiger partial charge in [0.25, 0.3) is 0 Å². The lowest BCUT2D eigenvalue weighted by atomic mass is 9.97. The molecular formula is C30H30F3N6P. The summed E-state index contributed by atoms with van der Waals surface area (Å²) in [5.41, 5.74) is 7.92. The Balaban J connectivity index is 1.56. The summed E-state index contributed by atoms with van der Waals surface area (Å²) in [7, 11) is 4.87. The first kappa shape index (κ1) is 26.5. The fraction of sp³-hybridized carbons (Fsp3) is 0.300. The molecule has 0 aliphatic carbocycles. The van der Waals surface area contributed by atoms with Crippen LogP contribution in [0.25, 0.3) is 27.8 Å². The van der Waals surface area contributed by atoms with E-state index in [2.05, 4.69) is 84.9 Å². The van der Waals surface area contributed by atoms with Gasteiger partial charge in [0.05, 0.1) is 28.2 Å². The van der Waals surface area contributed by atoms with E-state index in [4.69, 9.17) is 5.10 Å². The van der Waals surface area contributed by atoms with Crippen molar-refractivity contribution in [2.75, 3.05) is 11.4 Å². The second-order valence-corrected chi connectivity index (χ2v) is 10.8. The van der Waals surface area contributed by atoms with E-state index in [9.17, 15) is 13.2 Å². The van der Waals surface area contributed by atoms with Gasteiger partial charge in [-0.25, -0.2) is 14.6 Å². The maximum Gasteiger partial charge on any atom is 0.419 e. The van der Waals surface area contributed by atoms with E-state index in [-0.39, 0.29) is 5.95 Å². The molecule has 5 aromatic rings. The smallest absolute Gasteiger partial charge is 0.350 e. The number of halogens is 3. The average molecular weight is 563 g/mol. The second-order valence-electron chi connectivity index (χ2n) is 10.1. The van der Waals surface area contributed by atoms with E-state index >= 15 is 0 Å². The van der Waals surface area contributed by atoms with Gasteiger partial charge in [-0.2, -0.15) is 18.3 Å². The fourth-order valence-corrected chi connectivity index (χ4v) is 6.21. The molecule has 1 aliphatic heterocycles. The fourth-order valence-electron chi connectivity index (χ4n) is 5.76. The maximum atomic E-state index is 13.1. The third-order valence-electron chi connectivity index (χ3n) is 7.78. The number of alkyl halides is 3. The highest BCUT2D eigenvalue weighted by Crippen LogP contribution is 2.39. The van der Waals surface area contributed by atoms with Crippen molar-refractivity contribution < 1.29 is 13.2 Å². The quantitative estimate of drug-likeness (QED) is 0.246. The molecular weight excluding hydrogens is 532 g/mol. The Kier molecular flexibility index (Phi) is 6.65. The highest BCUT2D eigenvalue weighted by atomic mass is 31.0. The molecule has 0 amide bonds. The number of aryl methyl sites for hydroxylation is 3. The molecule has 206 valence electrons. The second kappa shape index (κ2) is 10.0. The van der Waals surface area contributed by atoms with Crippen molar-refractivity contribution >= 4 is 31.4 Å². The first-order valence-corrected chi connectivity index (χ1v) is 14.0. The Bertz CT molecular complexity index is 1700. The number of nitrogens with zero attached hydrogens (tertiary/aromatic N) is 6. The Morgan fingerprint density at radius 2 is 1.68 bits per heavy atom. The number of rotatable bonds is 5. The molecule has 6 rings (SSSR count). The van der Waals surface area contributed by atoms with Gasteiger partial charge in [-0.1, -0.05) is 44.2 Å². The van der Waals surface area contributed by atoms with Gasteiger partial charge in [-0.05, 0) is 35.3 Å². The van der Waals surface area contributed by atoms with Crippen molar-refractivity contribution in [1.29, 1.82) is 0 Å². The third kappa shape index (κ3) is 4.37. The van der Waals surface area contributed by atoms with Gasteiger partial charge in [0.15, 0.2) is 0 Å². The summed E-state index contributed by atoms with van der Waals surface area (Å²) in [6.45, 7) is 5.33. The molecule has 0 N–H and O–H groups in total. The zero-order valence-electron chi connectivity index (χ0n) is 22.6. The molecule has 3 aromatic heterocycles. The highest BCUT2D eigenvalue weighted by molar-refractivity contribution is 7.28. The summed E-state index contributed by atoms with van der Waals surface area (Å²) in [4.78, 5) is 10.1. The van der Waals surface area contributed by atoms with Crippen molar-refractivity contribution in [3.63, 3.8) is 0 Å². The van der Waals surface area contributed by atoms with Crippen molar-refractivity contribution in [3.8, 4) is 16.9 Å². The van der Waals surface area contributed by atoms with E-state index in [1.54, 1.807) is 0 Å². The molecule has 0 fully saturated rings. The summed E-state index contributed by atoms with van der Waals surface area (Å²) < 4.78 is 43.6. The lowest BCUT2D eigenvalue weighted by Crippen LogP contribution is -2.31. The summed E-state index contributed by atoms with van der Waals surface area (Å²) in [6, 6.07) is 12.8. The van der Waals surface area contributed by atoms with Gasteiger partial charge in [0.1, 0.15) is 0 Å². The number of hydrogen-bond donors (Lipinski definition) is 0. The van der Waals surface area contributed by atoms with E-state index in [0.717, 1.165) is 69.6 Å². The van der Waals surface area contributed by atoms with E-state index < -0.39 is 11.7 Å². The van der Waals surface area contributed by atoms with Crippen LogP contribution in [0.5, 0.6) is 0 Å². The normalized spacial score (nSPS) is 13.7. The molecule has 0 radical (unpaired) electrons. The summed E-state index contributed by atoms with van der Waals surface area (Å²) in [5, 5.41) is 7.44. The Labute approximate surface area is 233 Å². The molecule has 6 nitrogen and oxygen atoms in total. The van der Waals surface area contributed by atoms with Crippen LogP contribution in [0, 0.1) is 0 Å². The zero-order chi connectivity index (χ0) is 28.2. The van der Waals surface area contributed by atoms with Gasteiger partial charge in [0, 0.05) is 61.7 Å². The number of para-hydroxylation sites is 1. The molecule has 0 bridgehead atoms. The molecule has 0 saturated heterocycles. The minimum absolute atomic E-state index is 0.283. The standard InChI is InChI=1S/C30H30F3N6P/c1-4-18-7-6-8-19(5-2)26(18)39-27(21-9-10-25(40)28-22(21)11-13-37(28)3)23-17-38(14-12-24(23)36-39)29-34-15-20(16-35-29)30(31,32)33/h6-11,13,15-16H,4-5,12,14,17,40H2,1-3H3. The Morgan fingerprint density at radius 1 is 0.975 bits per heavy atom. The molecule has 1 aliphatic rings. The van der Waals surface area contributed by atoms with Gasteiger partial charge < -0.3 is 9.47 Å². The molecule has 10 heteroatoms. The first-order valence-electron chi connectivity index (χ1n) is 13.4. The molecule has 0 saturated carbocycles. The average Bonchev–Trinajstić information content (AvgIpc) is 3.53. The lowest BCUT2D eigenvalue weighted by molar-refractivity contribution is -0.138. The zero-order valence-corrected chi connectivity index (χ0v) is 23.8. The topological polar surface area (TPSA) is 51.8 Å². The van der Waals surface area contributed by atoms with Crippen LogP contribution in [0.2, 0.25) is 0 Å². The van der Waals surface area contributed by atoms with Crippen molar-refractivity contribution in [3.05, 3.63) is 82.9 Å². The van der Waals surface area contributed by atoms with Crippen molar-refractivity contribution in [2.45, 2.75) is 45.8 Å². The van der Waals surface area contributed by atoms with Gasteiger partial charge in [-0.3, -0.25) is 0 Å². The highest BCUT2D eigenvalue weighted by Gasteiger charge is 2.33. The summed E-state index contributed by atoms with van der Waals surface area (Å²) in [5.74, 6) is 0.283. The van der Waals surface area contributed by atoms with Gasteiger partial charge in [-0.15, -0.1) is 9.24 Å². The van der Waals surface area contributed by atoms with Crippen LogP contribution < -0.4 is 10.2 Å². The first-order chi connectivity index (χ1) is 19.2. The number of fused-ring (bicyclic) bond motifs is 2. The lowest BCUT2D eigenvalue weighted by Gasteiger charge is -2.27. The van der Waals surface area contributed by atoms with E-state index in [0.29, 0.717) is 19.5 Å². The monoisotopic (exact) mass is 562 g/mol. The van der Waals surface area contributed by atoms with Gasteiger partial charge in [0.2, 0.25) is 5.95 Å².